The Hall–Kier alpha value is -3.22. The molecular formula is C32H46N2O5. The number of imide groups is 1. The molecule has 39 heavy (non-hydrogen) atoms. The first kappa shape index (κ1) is 32.0. The van der Waals surface area contributed by atoms with Crippen LogP contribution >= 0.6 is 0 Å². The Kier molecular flexibility index (Phi) is 13.1. The number of nitrogens with zero attached hydrogens (tertiary/aromatic N) is 1. The molecule has 0 radical (unpaired) electrons. The summed E-state index contributed by atoms with van der Waals surface area (Å²) in [5, 5.41) is 12.2. The molecule has 7 nitrogen and oxygen atoms in total. The fourth-order valence-corrected chi connectivity index (χ4v) is 4.86. The number of carbonyl (C=O) groups excluding carboxylic acids is 3. The number of aliphatic carboxylic acids is 1. The Bertz CT molecular complexity index is 1070. The van der Waals surface area contributed by atoms with Crippen molar-refractivity contribution in [2.75, 3.05) is 0 Å². The van der Waals surface area contributed by atoms with Crippen LogP contribution in [0.5, 0.6) is 0 Å². The standard InChI is InChI=1S/C32H46N2O5/c1-22(2)12-10-14-24(4)16-11-15-23(3)13-6-9-19-28(32(38)39)33-29(35)21-20-25(5)34-30(36)26-17-7-8-18-27(26)31(34)37/h7,12-13,16-17,25,28H,6,8-11,14-15,18-21H2,1-5H3,(H,33,35)(H,38,39). The SMILES string of the molecule is CC(C)=CCCC(C)=CCCC(C)=CCCCC(NC(=O)CCC(C)N1C(=O)C2=C(CCC=C2)C1=O)C(=O)O. The van der Waals surface area contributed by atoms with E-state index in [-0.39, 0.29) is 30.6 Å². The lowest BCUT2D eigenvalue weighted by atomic mass is 10.00. The molecule has 2 N–H and O–H groups in total. The van der Waals surface area contributed by atoms with E-state index >= 15 is 0 Å². The zero-order chi connectivity index (χ0) is 28.9. The summed E-state index contributed by atoms with van der Waals surface area (Å²) in [6.45, 7) is 10.3. The molecule has 0 spiro atoms. The number of carbonyl (C=O) groups is 4. The highest BCUT2D eigenvalue weighted by Gasteiger charge is 2.39. The highest BCUT2D eigenvalue weighted by Crippen LogP contribution is 2.31. The monoisotopic (exact) mass is 538 g/mol. The number of unbranched alkanes of at least 4 members (excludes halogenated alkanes) is 1. The Morgan fingerprint density at radius 3 is 2.21 bits per heavy atom. The Labute approximate surface area is 233 Å². The van der Waals surface area contributed by atoms with Gasteiger partial charge in [-0.05, 0) is 98.8 Å². The van der Waals surface area contributed by atoms with Gasteiger partial charge in [0.1, 0.15) is 6.04 Å². The van der Waals surface area contributed by atoms with Crippen molar-refractivity contribution in [1.29, 1.82) is 0 Å². The van der Waals surface area contributed by atoms with Crippen LogP contribution in [-0.2, 0) is 19.2 Å². The molecule has 1 heterocycles. The zero-order valence-electron chi connectivity index (χ0n) is 24.3. The third-order valence-corrected chi connectivity index (χ3v) is 7.27. The maximum Gasteiger partial charge on any atom is 0.326 e. The van der Waals surface area contributed by atoms with Crippen molar-refractivity contribution in [3.63, 3.8) is 0 Å². The van der Waals surface area contributed by atoms with Crippen LogP contribution in [0.3, 0.4) is 0 Å². The van der Waals surface area contributed by atoms with Gasteiger partial charge in [-0.25, -0.2) is 4.79 Å². The number of amides is 3. The number of nitrogens with one attached hydrogen (secondary N) is 1. The maximum absolute atomic E-state index is 12.7. The smallest absolute Gasteiger partial charge is 0.326 e. The van der Waals surface area contributed by atoms with E-state index in [0.29, 0.717) is 30.4 Å². The molecule has 1 aliphatic carbocycles. The summed E-state index contributed by atoms with van der Waals surface area (Å²) in [5.41, 5.74) is 5.05. The van der Waals surface area contributed by atoms with E-state index in [1.165, 1.54) is 21.6 Å². The molecule has 0 bridgehead atoms. The van der Waals surface area contributed by atoms with Gasteiger partial charge in [0, 0.05) is 23.6 Å². The second-order valence-corrected chi connectivity index (χ2v) is 11.1. The Balaban J connectivity index is 1.71. The van der Waals surface area contributed by atoms with Crippen LogP contribution in [0, 0.1) is 0 Å². The predicted molar refractivity (Wildman–Crippen MR) is 155 cm³/mol. The van der Waals surface area contributed by atoms with Crippen molar-refractivity contribution in [1.82, 2.24) is 10.2 Å². The Morgan fingerprint density at radius 1 is 0.949 bits per heavy atom. The summed E-state index contributed by atoms with van der Waals surface area (Å²) >= 11 is 0. The van der Waals surface area contributed by atoms with Gasteiger partial charge in [-0.2, -0.15) is 0 Å². The van der Waals surface area contributed by atoms with Crippen LogP contribution < -0.4 is 5.32 Å². The maximum atomic E-state index is 12.7. The van der Waals surface area contributed by atoms with Gasteiger partial charge in [-0.15, -0.1) is 0 Å². The van der Waals surface area contributed by atoms with Gasteiger partial charge in [0.2, 0.25) is 5.91 Å². The minimum atomic E-state index is -1.06. The van der Waals surface area contributed by atoms with Crippen molar-refractivity contribution in [3.05, 3.63) is 58.2 Å². The van der Waals surface area contributed by atoms with E-state index in [1.54, 1.807) is 13.0 Å². The van der Waals surface area contributed by atoms with Gasteiger partial charge >= 0.3 is 5.97 Å². The molecule has 3 amide bonds. The van der Waals surface area contributed by atoms with Gasteiger partial charge < -0.3 is 10.4 Å². The van der Waals surface area contributed by atoms with Crippen LogP contribution in [0.2, 0.25) is 0 Å². The summed E-state index contributed by atoms with van der Waals surface area (Å²) in [4.78, 5) is 50.8. The van der Waals surface area contributed by atoms with E-state index in [9.17, 15) is 24.3 Å². The molecule has 0 fully saturated rings. The molecule has 7 heteroatoms. The van der Waals surface area contributed by atoms with Crippen LogP contribution in [0.4, 0.5) is 0 Å². The molecule has 0 aromatic heterocycles. The van der Waals surface area contributed by atoms with Gasteiger partial charge in [0.05, 0.1) is 0 Å². The number of carboxylic acids is 1. The lowest BCUT2D eigenvalue weighted by Crippen LogP contribution is -2.42. The zero-order valence-corrected chi connectivity index (χ0v) is 24.3. The summed E-state index contributed by atoms with van der Waals surface area (Å²) in [5.74, 6) is -2.02. The summed E-state index contributed by atoms with van der Waals surface area (Å²) < 4.78 is 0. The first-order chi connectivity index (χ1) is 18.5. The van der Waals surface area contributed by atoms with Gasteiger partial charge in [0.15, 0.2) is 0 Å². The molecule has 0 aromatic rings. The summed E-state index contributed by atoms with van der Waals surface area (Å²) in [6.07, 6.45) is 17.8. The summed E-state index contributed by atoms with van der Waals surface area (Å²) in [6, 6.07) is -1.40. The molecule has 0 saturated carbocycles. The highest BCUT2D eigenvalue weighted by molar-refractivity contribution is 6.21. The first-order valence-corrected chi connectivity index (χ1v) is 14.3. The number of hydrogen-bond donors (Lipinski definition) is 2. The average Bonchev–Trinajstić information content (AvgIpc) is 3.14. The van der Waals surface area contributed by atoms with E-state index < -0.39 is 18.1 Å². The van der Waals surface area contributed by atoms with Crippen molar-refractivity contribution >= 4 is 23.7 Å². The Morgan fingerprint density at radius 2 is 1.59 bits per heavy atom. The number of hydrogen-bond acceptors (Lipinski definition) is 4. The molecular weight excluding hydrogens is 492 g/mol. The normalized spacial score (nSPS) is 17.3. The van der Waals surface area contributed by atoms with Gasteiger partial charge in [0.25, 0.3) is 11.8 Å². The van der Waals surface area contributed by atoms with Crippen molar-refractivity contribution in [2.45, 2.75) is 117 Å². The van der Waals surface area contributed by atoms with E-state index in [1.807, 2.05) is 6.08 Å². The molecule has 0 saturated heterocycles. The van der Waals surface area contributed by atoms with Gasteiger partial charge in [-0.1, -0.05) is 47.1 Å². The third-order valence-electron chi connectivity index (χ3n) is 7.27. The lowest BCUT2D eigenvalue weighted by Gasteiger charge is -2.23. The van der Waals surface area contributed by atoms with Crippen molar-refractivity contribution < 1.29 is 24.3 Å². The molecule has 2 unspecified atom stereocenters. The second kappa shape index (κ2) is 16.0. The molecule has 1 aliphatic heterocycles. The highest BCUT2D eigenvalue weighted by atomic mass is 16.4. The average molecular weight is 539 g/mol. The minimum Gasteiger partial charge on any atom is -0.480 e. The topological polar surface area (TPSA) is 104 Å². The summed E-state index contributed by atoms with van der Waals surface area (Å²) in [7, 11) is 0. The molecule has 2 aliphatic rings. The second-order valence-electron chi connectivity index (χ2n) is 11.1. The van der Waals surface area contributed by atoms with Crippen LogP contribution in [-0.4, -0.2) is 45.8 Å². The van der Waals surface area contributed by atoms with E-state index in [2.05, 4.69) is 51.2 Å². The molecule has 2 atom stereocenters. The number of carboxylic acid groups (broad SMARTS) is 1. The number of rotatable bonds is 16. The van der Waals surface area contributed by atoms with Crippen LogP contribution in [0.1, 0.15) is 105 Å². The fraction of sp³-hybridized carbons (Fsp3) is 0.562. The van der Waals surface area contributed by atoms with Crippen molar-refractivity contribution in [2.24, 2.45) is 0 Å². The lowest BCUT2D eigenvalue weighted by molar-refractivity contribution is -0.142. The molecule has 2 rings (SSSR count). The van der Waals surface area contributed by atoms with Crippen LogP contribution in [0.15, 0.2) is 58.2 Å². The number of allylic oxidation sites excluding steroid dienone is 7. The first-order valence-electron chi connectivity index (χ1n) is 14.3. The van der Waals surface area contributed by atoms with Crippen molar-refractivity contribution in [3.8, 4) is 0 Å². The van der Waals surface area contributed by atoms with E-state index in [0.717, 1.165) is 38.5 Å². The van der Waals surface area contributed by atoms with Gasteiger partial charge in [-0.3, -0.25) is 19.3 Å². The quantitative estimate of drug-likeness (QED) is 0.136. The largest absolute Gasteiger partial charge is 0.480 e. The third kappa shape index (κ3) is 10.5. The van der Waals surface area contributed by atoms with Crippen LogP contribution in [0.25, 0.3) is 0 Å². The molecule has 0 aromatic carbocycles. The van der Waals surface area contributed by atoms with E-state index in [4.69, 9.17) is 0 Å². The fourth-order valence-electron chi connectivity index (χ4n) is 4.86. The molecule has 214 valence electrons. The minimum absolute atomic E-state index is 0.0444. The predicted octanol–water partition coefficient (Wildman–Crippen LogP) is 6.33.